The van der Waals surface area contributed by atoms with E-state index in [1.165, 1.54) is 21.3 Å². The van der Waals surface area contributed by atoms with Crippen molar-refractivity contribution in [3.8, 4) is 0 Å². The third-order valence-electron chi connectivity index (χ3n) is 1.70. The fourth-order valence-electron chi connectivity index (χ4n) is 1.29. The summed E-state index contributed by atoms with van der Waals surface area (Å²) in [4.78, 5) is 0. The molecule has 0 bridgehead atoms. The van der Waals surface area contributed by atoms with Gasteiger partial charge in [-0.15, -0.1) is 0 Å². The van der Waals surface area contributed by atoms with E-state index in [1.807, 2.05) is 0 Å². The van der Waals surface area contributed by atoms with Gasteiger partial charge in [-0.2, -0.15) is 0 Å². The molecular formula is C7H14Te. The van der Waals surface area contributed by atoms with Crippen molar-refractivity contribution in [2.24, 2.45) is 0 Å². The third kappa shape index (κ3) is 1.95. The van der Waals surface area contributed by atoms with E-state index in [2.05, 4.69) is 6.92 Å². The van der Waals surface area contributed by atoms with Gasteiger partial charge in [0, 0.05) is 0 Å². The van der Waals surface area contributed by atoms with E-state index in [4.69, 9.17) is 0 Å². The Morgan fingerprint density at radius 3 is 2.50 bits per heavy atom. The first-order chi connectivity index (χ1) is 3.93. The van der Waals surface area contributed by atoms with Gasteiger partial charge in [0.15, 0.2) is 0 Å². The third-order valence-corrected chi connectivity index (χ3v) is 5.35. The van der Waals surface area contributed by atoms with Crippen LogP contribution in [0, 0.1) is 0 Å². The molecule has 0 aromatic rings. The minimum absolute atomic E-state index is 0.468. The molecule has 0 aliphatic heterocycles. The molecule has 1 aliphatic rings. The molecule has 0 unspecified atom stereocenters. The van der Waals surface area contributed by atoms with E-state index < -0.39 is 0 Å². The molecule has 8 heavy (non-hydrogen) atoms. The molecule has 48 valence electrons. The molecule has 0 spiro atoms. The van der Waals surface area contributed by atoms with Gasteiger partial charge in [-0.25, -0.2) is 0 Å². The van der Waals surface area contributed by atoms with Gasteiger partial charge in [0.05, 0.1) is 0 Å². The Balaban J connectivity index is 2.06. The molecule has 1 saturated carbocycles. The Kier molecular flexibility index (Phi) is 3.23. The SMILES string of the molecule is CC[Te]C1CCCC1. The van der Waals surface area contributed by atoms with Gasteiger partial charge in [0.25, 0.3) is 0 Å². The number of hydrogen-bond acceptors (Lipinski definition) is 0. The van der Waals surface area contributed by atoms with Crippen LogP contribution < -0.4 is 0 Å². The summed E-state index contributed by atoms with van der Waals surface area (Å²) in [6.07, 6.45) is 6.23. The molecule has 1 heteroatoms. The first-order valence-corrected chi connectivity index (χ1v) is 6.54. The zero-order valence-electron chi connectivity index (χ0n) is 5.52. The average Bonchev–Trinajstić information content (AvgIpc) is 2.19. The van der Waals surface area contributed by atoms with Crippen LogP contribution in [0.2, 0.25) is 8.43 Å². The fraction of sp³-hybridized carbons (Fsp3) is 1.00. The van der Waals surface area contributed by atoms with Crippen LogP contribution in [0.3, 0.4) is 0 Å². The molecule has 1 fully saturated rings. The van der Waals surface area contributed by atoms with E-state index in [9.17, 15) is 0 Å². The summed E-state index contributed by atoms with van der Waals surface area (Å²) in [6.45, 7) is 2.35. The number of hydrogen-bond donors (Lipinski definition) is 0. The quantitative estimate of drug-likeness (QED) is 0.634. The first kappa shape index (κ1) is 6.90. The van der Waals surface area contributed by atoms with Crippen molar-refractivity contribution in [3.05, 3.63) is 0 Å². The Morgan fingerprint density at radius 2 is 2.00 bits per heavy atom. The Hall–Kier alpha value is 0.790. The van der Waals surface area contributed by atoms with Crippen molar-refractivity contribution in [3.63, 3.8) is 0 Å². The predicted octanol–water partition coefficient (Wildman–Crippen LogP) is 2.49. The molecule has 1 aliphatic carbocycles. The predicted molar refractivity (Wildman–Crippen MR) is 38.5 cm³/mol. The van der Waals surface area contributed by atoms with Crippen molar-refractivity contribution < 1.29 is 0 Å². The average molecular weight is 226 g/mol. The second-order valence-corrected chi connectivity index (χ2v) is 6.86. The van der Waals surface area contributed by atoms with Gasteiger partial charge in [-0.3, -0.25) is 0 Å². The van der Waals surface area contributed by atoms with Crippen LogP contribution in [-0.2, 0) is 0 Å². The number of rotatable bonds is 2. The standard InChI is InChI=1S/C7H14Te/c1-2-8-7-5-3-4-6-7/h7H,2-6H2,1H3. The Labute approximate surface area is 62.1 Å². The van der Waals surface area contributed by atoms with Gasteiger partial charge in [0.2, 0.25) is 0 Å². The minimum atomic E-state index is 0.468. The van der Waals surface area contributed by atoms with Crippen LogP contribution in [0.1, 0.15) is 32.6 Å². The van der Waals surface area contributed by atoms with Crippen LogP contribution in [0.15, 0.2) is 0 Å². The maximum absolute atomic E-state index is 2.35. The summed E-state index contributed by atoms with van der Waals surface area (Å²) < 4.78 is 2.76. The molecule has 0 N–H and O–H groups in total. The summed E-state index contributed by atoms with van der Waals surface area (Å²) in [6, 6.07) is 0. The van der Waals surface area contributed by atoms with Gasteiger partial charge < -0.3 is 0 Å². The van der Waals surface area contributed by atoms with Crippen LogP contribution in [-0.4, -0.2) is 20.9 Å². The summed E-state index contributed by atoms with van der Waals surface area (Å²) >= 11 is 0.468. The zero-order valence-corrected chi connectivity index (χ0v) is 7.85. The zero-order chi connectivity index (χ0) is 5.82. The van der Waals surface area contributed by atoms with Gasteiger partial charge >= 0.3 is 62.0 Å². The van der Waals surface area contributed by atoms with Crippen molar-refractivity contribution in [1.82, 2.24) is 0 Å². The van der Waals surface area contributed by atoms with E-state index in [1.54, 1.807) is 12.8 Å². The van der Waals surface area contributed by atoms with E-state index in [0.29, 0.717) is 20.9 Å². The topological polar surface area (TPSA) is 0 Å². The van der Waals surface area contributed by atoms with Crippen LogP contribution in [0.4, 0.5) is 0 Å². The van der Waals surface area contributed by atoms with Crippen molar-refractivity contribution >= 4 is 20.9 Å². The van der Waals surface area contributed by atoms with Gasteiger partial charge in [0.1, 0.15) is 0 Å². The molecule has 0 nitrogen and oxygen atoms in total. The normalized spacial score (nSPS) is 22.1. The van der Waals surface area contributed by atoms with E-state index in [0.717, 1.165) is 0 Å². The van der Waals surface area contributed by atoms with E-state index >= 15 is 0 Å². The van der Waals surface area contributed by atoms with Crippen LogP contribution in [0.5, 0.6) is 0 Å². The molecule has 0 radical (unpaired) electrons. The summed E-state index contributed by atoms with van der Waals surface area (Å²) in [5.41, 5.74) is 0. The van der Waals surface area contributed by atoms with Crippen molar-refractivity contribution in [2.75, 3.05) is 0 Å². The molecule has 0 amide bonds. The van der Waals surface area contributed by atoms with Gasteiger partial charge in [-0.1, -0.05) is 0 Å². The maximum atomic E-state index is 2.35. The summed E-state index contributed by atoms with van der Waals surface area (Å²) in [5, 5.41) is 0. The second-order valence-electron chi connectivity index (χ2n) is 2.36. The Morgan fingerprint density at radius 1 is 1.38 bits per heavy atom. The molecular weight excluding hydrogens is 212 g/mol. The van der Waals surface area contributed by atoms with Crippen molar-refractivity contribution in [2.45, 2.75) is 41.0 Å². The van der Waals surface area contributed by atoms with Crippen LogP contribution >= 0.6 is 0 Å². The molecule has 0 heterocycles. The Bertz CT molecular complexity index is 55.4. The first-order valence-electron chi connectivity index (χ1n) is 3.55. The monoisotopic (exact) mass is 228 g/mol. The second kappa shape index (κ2) is 3.75. The molecule has 0 aromatic heterocycles. The van der Waals surface area contributed by atoms with Crippen molar-refractivity contribution in [1.29, 1.82) is 0 Å². The summed E-state index contributed by atoms with van der Waals surface area (Å²) in [7, 11) is 0. The molecule has 0 aromatic carbocycles. The van der Waals surface area contributed by atoms with Gasteiger partial charge in [-0.05, 0) is 0 Å². The molecule has 0 saturated heterocycles. The molecule has 0 atom stereocenters. The van der Waals surface area contributed by atoms with Crippen LogP contribution in [0.25, 0.3) is 0 Å². The summed E-state index contributed by atoms with van der Waals surface area (Å²) in [5.74, 6) is 0. The van der Waals surface area contributed by atoms with E-state index in [-0.39, 0.29) is 0 Å². The fourth-order valence-corrected chi connectivity index (χ4v) is 4.54. The molecule has 1 rings (SSSR count).